The molecule has 2 heterocycles. The quantitative estimate of drug-likeness (QED) is 0.681. The number of benzene rings is 2. The number of H-pyrrole nitrogens is 1. The van der Waals surface area contributed by atoms with E-state index in [0.717, 1.165) is 0 Å². The van der Waals surface area contributed by atoms with Crippen molar-refractivity contribution in [1.82, 2.24) is 9.71 Å². The molecule has 1 unspecified atom stereocenters. The molecule has 1 aliphatic heterocycles. The number of cyclic esters (lactones) is 1. The van der Waals surface area contributed by atoms with Gasteiger partial charge in [0.25, 0.3) is 0 Å². The fourth-order valence-electron chi connectivity index (χ4n) is 2.83. The standard InChI is InChI=1S/C17H15N3O6S/c21-16-19-14-7-6-13(8-15(14)26-16)27(23,24)18-9-12-10-20(17(22)25-12)11-4-2-1-3-5-11/h1-8,12,18H,9-10H2,(H,19,21). The molecular weight excluding hydrogens is 374 g/mol. The molecule has 0 saturated carbocycles. The Kier molecular flexibility index (Phi) is 4.21. The largest absolute Gasteiger partial charge is 0.443 e. The molecule has 0 bridgehead atoms. The number of anilines is 1. The van der Waals surface area contributed by atoms with Crippen LogP contribution in [0.5, 0.6) is 0 Å². The fraction of sp³-hybridized carbons (Fsp3) is 0.176. The number of oxazole rings is 1. The normalized spacial score (nSPS) is 17.4. The van der Waals surface area contributed by atoms with Gasteiger partial charge in [-0.3, -0.25) is 9.88 Å². The second kappa shape index (κ2) is 6.56. The lowest BCUT2D eigenvalue weighted by Gasteiger charge is -2.13. The number of sulfonamides is 1. The lowest BCUT2D eigenvalue weighted by Crippen LogP contribution is -2.34. The van der Waals surface area contributed by atoms with Gasteiger partial charge in [0, 0.05) is 18.3 Å². The minimum absolute atomic E-state index is 0.0537. The van der Waals surface area contributed by atoms with Crippen molar-refractivity contribution in [2.45, 2.75) is 11.0 Å². The molecule has 9 nitrogen and oxygen atoms in total. The Labute approximate surface area is 153 Å². The van der Waals surface area contributed by atoms with E-state index in [1.54, 1.807) is 24.3 Å². The first kappa shape index (κ1) is 17.3. The molecule has 1 atom stereocenters. The first-order chi connectivity index (χ1) is 12.9. The van der Waals surface area contributed by atoms with Crippen molar-refractivity contribution in [2.24, 2.45) is 0 Å². The number of nitrogens with zero attached hydrogens (tertiary/aromatic N) is 1. The first-order valence-corrected chi connectivity index (χ1v) is 9.56. The van der Waals surface area contributed by atoms with Crippen molar-refractivity contribution in [3.05, 3.63) is 59.1 Å². The van der Waals surface area contributed by atoms with E-state index in [1.165, 1.54) is 23.1 Å². The fourth-order valence-corrected chi connectivity index (χ4v) is 3.91. The Bertz CT molecular complexity index is 1150. The lowest BCUT2D eigenvalue weighted by atomic mass is 10.3. The molecule has 2 aromatic carbocycles. The summed E-state index contributed by atoms with van der Waals surface area (Å²) in [6, 6.07) is 13.0. The zero-order valence-corrected chi connectivity index (χ0v) is 14.7. The Balaban J connectivity index is 1.46. The van der Waals surface area contributed by atoms with E-state index in [2.05, 4.69) is 9.71 Å². The van der Waals surface area contributed by atoms with Crippen molar-refractivity contribution in [2.75, 3.05) is 18.0 Å². The predicted octanol–water partition coefficient (Wildman–Crippen LogP) is 1.42. The maximum absolute atomic E-state index is 12.5. The van der Waals surface area contributed by atoms with Crippen LogP contribution < -0.4 is 15.4 Å². The molecule has 1 saturated heterocycles. The van der Waals surface area contributed by atoms with Gasteiger partial charge in [-0.25, -0.2) is 22.7 Å². The third-order valence-corrected chi connectivity index (χ3v) is 5.57. The average molecular weight is 389 g/mol. The summed E-state index contributed by atoms with van der Waals surface area (Å²) in [5, 5.41) is 0. The molecule has 0 aliphatic carbocycles. The summed E-state index contributed by atoms with van der Waals surface area (Å²) in [6.45, 7) is 0.156. The maximum atomic E-state index is 12.5. The number of nitrogens with one attached hydrogen (secondary N) is 2. The molecule has 0 spiro atoms. The molecule has 0 radical (unpaired) electrons. The van der Waals surface area contributed by atoms with Crippen LogP contribution >= 0.6 is 0 Å². The number of fused-ring (bicyclic) bond motifs is 1. The topological polar surface area (TPSA) is 122 Å². The maximum Gasteiger partial charge on any atom is 0.417 e. The first-order valence-electron chi connectivity index (χ1n) is 8.08. The van der Waals surface area contributed by atoms with Gasteiger partial charge in [0.1, 0.15) is 6.10 Å². The number of carbonyl (C=O) groups is 1. The molecule has 27 heavy (non-hydrogen) atoms. The third kappa shape index (κ3) is 3.44. The number of hydrogen-bond acceptors (Lipinski definition) is 6. The molecule has 3 aromatic rings. The second-order valence-electron chi connectivity index (χ2n) is 5.98. The van der Waals surface area contributed by atoms with Crippen LogP contribution in [0.3, 0.4) is 0 Å². The van der Waals surface area contributed by atoms with Crippen molar-refractivity contribution in [1.29, 1.82) is 0 Å². The zero-order valence-electron chi connectivity index (χ0n) is 13.9. The van der Waals surface area contributed by atoms with E-state index in [-0.39, 0.29) is 23.6 Å². The monoisotopic (exact) mass is 389 g/mol. The smallest absolute Gasteiger partial charge is 0.417 e. The number of carbonyl (C=O) groups excluding carboxylic acids is 1. The molecule has 1 fully saturated rings. The average Bonchev–Trinajstić information content (AvgIpc) is 3.21. The van der Waals surface area contributed by atoms with Crippen LogP contribution in [0.2, 0.25) is 0 Å². The van der Waals surface area contributed by atoms with Crippen molar-refractivity contribution < 1.29 is 22.4 Å². The number of aromatic amines is 1. The number of para-hydroxylation sites is 1. The summed E-state index contributed by atoms with van der Waals surface area (Å²) >= 11 is 0. The summed E-state index contributed by atoms with van der Waals surface area (Å²) in [4.78, 5) is 27.0. The molecule has 2 N–H and O–H groups in total. The molecule has 1 aromatic heterocycles. The number of hydrogen-bond donors (Lipinski definition) is 2. The van der Waals surface area contributed by atoms with Gasteiger partial charge in [-0.05, 0) is 24.3 Å². The van der Waals surface area contributed by atoms with Crippen LogP contribution in [0.1, 0.15) is 0 Å². The minimum Gasteiger partial charge on any atom is -0.443 e. The Morgan fingerprint density at radius 1 is 1.15 bits per heavy atom. The minimum atomic E-state index is -3.87. The number of rotatable bonds is 5. The van der Waals surface area contributed by atoms with Crippen LogP contribution in [0.4, 0.5) is 10.5 Å². The number of amides is 1. The van der Waals surface area contributed by atoms with Crippen LogP contribution in [0, 0.1) is 0 Å². The summed E-state index contributed by atoms with van der Waals surface area (Å²) < 4.78 is 37.5. The van der Waals surface area contributed by atoms with Crippen molar-refractivity contribution >= 4 is 32.9 Å². The van der Waals surface area contributed by atoms with Crippen molar-refractivity contribution in [3.8, 4) is 0 Å². The molecule has 4 rings (SSSR count). The number of aromatic nitrogens is 1. The highest BCUT2D eigenvalue weighted by atomic mass is 32.2. The zero-order chi connectivity index (χ0) is 19.0. The molecule has 140 valence electrons. The Hall–Kier alpha value is -3.11. The van der Waals surface area contributed by atoms with Gasteiger partial charge in [0.2, 0.25) is 10.0 Å². The van der Waals surface area contributed by atoms with Gasteiger partial charge in [-0.15, -0.1) is 0 Å². The van der Waals surface area contributed by atoms with Gasteiger partial charge >= 0.3 is 11.8 Å². The SMILES string of the molecule is O=C1OC(CNS(=O)(=O)c2ccc3[nH]c(=O)oc3c2)CN1c1ccccc1. The predicted molar refractivity (Wildman–Crippen MR) is 96.1 cm³/mol. The van der Waals surface area contributed by atoms with E-state index < -0.39 is 28.0 Å². The van der Waals surface area contributed by atoms with Crippen LogP contribution in [-0.2, 0) is 14.8 Å². The van der Waals surface area contributed by atoms with Gasteiger partial charge < -0.3 is 9.15 Å². The summed E-state index contributed by atoms with van der Waals surface area (Å²) in [5.74, 6) is -0.661. The Morgan fingerprint density at radius 3 is 2.70 bits per heavy atom. The summed E-state index contributed by atoms with van der Waals surface area (Å²) in [6.07, 6.45) is -1.15. The van der Waals surface area contributed by atoms with Gasteiger partial charge in [0.05, 0.1) is 17.0 Å². The van der Waals surface area contributed by atoms with E-state index in [9.17, 15) is 18.0 Å². The van der Waals surface area contributed by atoms with E-state index in [4.69, 9.17) is 9.15 Å². The van der Waals surface area contributed by atoms with E-state index >= 15 is 0 Å². The molecule has 1 aliphatic rings. The molecular formula is C17H15N3O6S. The molecule has 10 heteroatoms. The van der Waals surface area contributed by atoms with Crippen LogP contribution in [0.15, 0.2) is 62.6 Å². The van der Waals surface area contributed by atoms with E-state index in [1.807, 2.05) is 6.07 Å². The van der Waals surface area contributed by atoms with Crippen LogP contribution in [-0.4, -0.2) is 38.7 Å². The second-order valence-corrected chi connectivity index (χ2v) is 7.74. The highest BCUT2D eigenvalue weighted by Gasteiger charge is 2.33. The third-order valence-electron chi connectivity index (χ3n) is 4.15. The summed E-state index contributed by atoms with van der Waals surface area (Å²) in [7, 11) is -3.87. The van der Waals surface area contributed by atoms with Gasteiger partial charge in [-0.2, -0.15) is 0 Å². The van der Waals surface area contributed by atoms with Gasteiger partial charge in [0.15, 0.2) is 5.58 Å². The number of ether oxygens (including phenoxy) is 1. The summed E-state index contributed by atoms with van der Waals surface area (Å²) in [5.41, 5.74) is 1.23. The highest BCUT2D eigenvalue weighted by Crippen LogP contribution is 2.21. The Morgan fingerprint density at radius 2 is 1.93 bits per heavy atom. The molecule has 1 amide bonds. The van der Waals surface area contributed by atoms with E-state index in [0.29, 0.717) is 11.2 Å². The van der Waals surface area contributed by atoms with Crippen molar-refractivity contribution in [3.63, 3.8) is 0 Å². The van der Waals surface area contributed by atoms with Gasteiger partial charge in [-0.1, -0.05) is 18.2 Å². The highest BCUT2D eigenvalue weighted by molar-refractivity contribution is 7.89. The lowest BCUT2D eigenvalue weighted by molar-refractivity contribution is 0.143. The van der Waals surface area contributed by atoms with Crippen LogP contribution in [0.25, 0.3) is 11.1 Å².